The highest BCUT2D eigenvalue weighted by molar-refractivity contribution is 5.30. The Hall–Kier alpha value is -2.43. The van der Waals surface area contributed by atoms with E-state index in [9.17, 15) is 14.9 Å². The number of nitrogens with zero attached hydrogens (tertiary/aromatic N) is 2. The molecule has 0 aliphatic carbocycles. The maximum atomic E-state index is 11.7. The van der Waals surface area contributed by atoms with Crippen LogP contribution in [0.4, 0.5) is 5.69 Å². The Labute approximate surface area is 110 Å². The molecule has 0 fully saturated rings. The van der Waals surface area contributed by atoms with Crippen molar-refractivity contribution < 1.29 is 4.92 Å². The minimum Gasteiger partial charge on any atom is -0.304 e. The van der Waals surface area contributed by atoms with Gasteiger partial charge in [0, 0.05) is 12.1 Å². The van der Waals surface area contributed by atoms with Crippen molar-refractivity contribution in [1.29, 1.82) is 0 Å². The molecule has 1 aromatic heterocycles. The zero-order chi connectivity index (χ0) is 14.0. The van der Waals surface area contributed by atoms with Crippen LogP contribution in [-0.4, -0.2) is 9.49 Å². The summed E-state index contributed by atoms with van der Waals surface area (Å²) in [7, 11) is 0. The molecular formula is C14H14N2O3. The molecule has 19 heavy (non-hydrogen) atoms. The quantitative estimate of drug-likeness (QED) is 0.627. The maximum absolute atomic E-state index is 11.7. The molecule has 0 radical (unpaired) electrons. The number of rotatable bonds is 3. The van der Waals surface area contributed by atoms with E-state index in [2.05, 4.69) is 0 Å². The number of aromatic nitrogens is 1. The van der Waals surface area contributed by atoms with Crippen molar-refractivity contribution in [2.45, 2.75) is 20.4 Å². The Balaban J connectivity index is 2.40. The van der Waals surface area contributed by atoms with E-state index in [0.29, 0.717) is 6.54 Å². The number of hydrogen-bond donors (Lipinski definition) is 0. The van der Waals surface area contributed by atoms with Gasteiger partial charge in [0.1, 0.15) is 0 Å². The lowest BCUT2D eigenvalue weighted by molar-refractivity contribution is -0.385. The first-order chi connectivity index (χ1) is 8.95. The van der Waals surface area contributed by atoms with E-state index in [0.717, 1.165) is 16.7 Å². The lowest BCUT2D eigenvalue weighted by Crippen LogP contribution is -2.19. The van der Waals surface area contributed by atoms with Crippen LogP contribution in [0, 0.1) is 24.0 Å². The van der Waals surface area contributed by atoms with Gasteiger partial charge in [-0.05, 0) is 19.4 Å². The van der Waals surface area contributed by atoms with Crippen molar-refractivity contribution in [3.05, 3.63) is 73.7 Å². The monoisotopic (exact) mass is 258 g/mol. The lowest BCUT2D eigenvalue weighted by atomic mass is 10.1. The summed E-state index contributed by atoms with van der Waals surface area (Å²) in [6, 6.07) is 8.43. The van der Waals surface area contributed by atoms with E-state index in [-0.39, 0.29) is 11.2 Å². The van der Waals surface area contributed by atoms with Crippen molar-refractivity contribution in [3.8, 4) is 0 Å². The molecule has 0 bridgehead atoms. The summed E-state index contributed by atoms with van der Waals surface area (Å²) in [5, 5.41) is 10.7. The summed E-state index contributed by atoms with van der Waals surface area (Å²) in [6.45, 7) is 4.29. The molecule has 0 aliphatic rings. The van der Waals surface area contributed by atoms with Crippen LogP contribution in [0.2, 0.25) is 0 Å². The van der Waals surface area contributed by atoms with Gasteiger partial charge in [-0.2, -0.15) is 0 Å². The minimum atomic E-state index is -0.503. The van der Waals surface area contributed by atoms with Gasteiger partial charge in [-0.25, -0.2) is 0 Å². The molecule has 0 N–H and O–H groups in total. The van der Waals surface area contributed by atoms with Crippen LogP contribution in [0.15, 0.2) is 41.3 Å². The molecule has 0 atom stereocenters. The average molecular weight is 258 g/mol. The van der Waals surface area contributed by atoms with E-state index in [1.807, 2.05) is 32.0 Å². The van der Waals surface area contributed by atoms with Crippen LogP contribution in [0.5, 0.6) is 0 Å². The summed E-state index contributed by atoms with van der Waals surface area (Å²) in [5.74, 6) is 0. The summed E-state index contributed by atoms with van der Waals surface area (Å²) in [6.07, 6.45) is 1.28. The molecule has 1 heterocycles. The van der Waals surface area contributed by atoms with Crippen molar-refractivity contribution in [1.82, 2.24) is 4.57 Å². The molecule has 0 saturated heterocycles. The lowest BCUT2D eigenvalue weighted by Gasteiger charge is -2.07. The molecule has 0 spiro atoms. The van der Waals surface area contributed by atoms with Crippen molar-refractivity contribution >= 4 is 5.69 Å². The van der Waals surface area contributed by atoms with E-state index in [1.54, 1.807) is 0 Å². The van der Waals surface area contributed by atoms with E-state index >= 15 is 0 Å². The fourth-order valence-corrected chi connectivity index (χ4v) is 2.11. The largest absolute Gasteiger partial charge is 0.304 e. The first-order valence-electron chi connectivity index (χ1n) is 5.88. The van der Waals surface area contributed by atoms with Gasteiger partial charge in [0.15, 0.2) is 0 Å². The average Bonchev–Trinajstić information content (AvgIpc) is 2.30. The zero-order valence-electron chi connectivity index (χ0n) is 10.8. The number of nitro groups is 1. The van der Waals surface area contributed by atoms with Crippen LogP contribution in [0.3, 0.4) is 0 Å². The number of hydrogen-bond acceptors (Lipinski definition) is 3. The second-order valence-corrected chi connectivity index (χ2v) is 4.61. The third-order valence-corrected chi connectivity index (χ3v) is 2.81. The highest BCUT2D eigenvalue weighted by Gasteiger charge is 2.08. The van der Waals surface area contributed by atoms with Crippen LogP contribution in [-0.2, 0) is 6.54 Å². The van der Waals surface area contributed by atoms with E-state index < -0.39 is 4.92 Å². The van der Waals surface area contributed by atoms with Crippen LogP contribution < -0.4 is 5.56 Å². The van der Waals surface area contributed by atoms with Crippen molar-refractivity contribution in [2.24, 2.45) is 0 Å². The predicted octanol–water partition coefficient (Wildman–Crippen LogP) is 2.42. The fraction of sp³-hybridized carbons (Fsp3) is 0.214. The fourth-order valence-electron chi connectivity index (χ4n) is 2.11. The van der Waals surface area contributed by atoms with Gasteiger partial charge < -0.3 is 4.57 Å². The van der Waals surface area contributed by atoms with Gasteiger partial charge in [0.05, 0.1) is 17.7 Å². The second-order valence-electron chi connectivity index (χ2n) is 4.61. The summed E-state index contributed by atoms with van der Waals surface area (Å²) < 4.78 is 1.35. The highest BCUT2D eigenvalue weighted by Crippen LogP contribution is 2.12. The topological polar surface area (TPSA) is 65.1 Å². The van der Waals surface area contributed by atoms with E-state index in [1.165, 1.54) is 22.9 Å². The predicted molar refractivity (Wildman–Crippen MR) is 72.4 cm³/mol. The molecule has 5 heteroatoms. The highest BCUT2D eigenvalue weighted by atomic mass is 16.6. The molecule has 1 aromatic carbocycles. The molecule has 0 saturated carbocycles. The molecule has 5 nitrogen and oxygen atoms in total. The van der Waals surface area contributed by atoms with Gasteiger partial charge in [-0.3, -0.25) is 14.9 Å². The Morgan fingerprint density at radius 2 is 1.79 bits per heavy atom. The van der Waals surface area contributed by atoms with Crippen molar-refractivity contribution in [2.75, 3.05) is 0 Å². The molecule has 0 aliphatic heterocycles. The zero-order valence-corrected chi connectivity index (χ0v) is 10.8. The SMILES string of the molecule is Cc1cc(C)cc(Cn2cc([N+](=O)[O-])ccc2=O)c1. The van der Waals surface area contributed by atoms with Gasteiger partial charge >= 0.3 is 0 Å². The van der Waals surface area contributed by atoms with Crippen LogP contribution in [0.1, 0.15) is 16.7 Å². The molecular weight excluding hydrogens is 244 g/mol. The Bertz CT molecular complexity index is 669. The third kappa shape index (κ3) is 3.07. The third-order valence-electron chi connectivity index (χ3n) is 2.81. The van der Waals surface area contributed by atoms with Crippen molar-refractivity contribution in [3.63, 3.8) is 0 Å². The minimum absolute atomic E-state index is 0.0797. The standard InChI is InChI=1S/C14H14N2O3/c1-10-5-11(2)7-12(6-10)8-15-9-13(16(18)19)3-4-14(15)17/h3-7,9H,8H2,1-2H3. The normalized spacial score (nSPS) is 10.4. The van der Waals surface area contributed by atoms with Crippen LogP contribution in [0.25, 0.3) is 0 Å². The van der Waals surface area contributed by atoms with Gasteiger partial charge in [0.25, 0.3) is 11.2 Å². The molecule has 2 aromatic rings. The second kappa shape index (κ2) is 5.06. The Morgan fingerprint density at radius 3 is 2.37 bits per heavy atom. The van der Waals surface area contributed by atoms with Gasteiger partial charge in [0.2, 0.25) is 0 Å². The van der Waals surface area contributed by atoms with Crippen LogP contribution >= 0.6 is 0 Å². The van der Waals surface area contributed by atoms with Gasteiger partial charge in [-0.1, -0.05) is 29.3 Å². The molecule has 98 valence electrons. The summed E-state index contributed by atoms with van der Waals surface area (Å²) in [4.78, 5) is 21.9. The number of aryl methyl sites for hydroxylation is 2. The Kier molecular flexibility index (Phi) is 3.46. The first kappa shape index (κ1) is 13.0. The van der Waals surface area contributed by atoms with Gasteiger partial charge in [-0.15, -0.1) is 0 Å². The summed E-state index contributed by atoms with van der Waals surface area (Å²) >= 11 is 0. The molecule has 0 amide bonds. The maximum Gasteiger partial charge on any atom is 0.285 e. The smallest absolute Gasteiger partial charge is 0.285 e. The Morgan fingerprint density at radius 1 is 1.16 bits per heavy atom. The number of pyridine rings is 1. The number of benzene rings is 1. The first-order valence-corrected chi connectivity index (χ1v) is 5.88. The molecule has 0 unspecified atom stereocenters. The van der Waals surface area contributed by atoms with E-state index in [4.69, 9.17) is 0 Å². The summed E-state index contributed by atoms with van der Waals surface area (Å²) in [5.41, 5.74) is 2.84. The molecule has 2 rings (SSSR count).